The smallest absolute Gasteiger partial charge is 0.318 e. The fourth-order valence-corrected chi connectivity index (χ4v) is 8.94. The van der Waals surface area contributed by atoms with Gasteiger partial charge in [0.2, 0.25) is 0 Å². The lowest BCUT2D eigenvalue weighted by atomic mass is 9.71. The quantitative estimate of drug-likeness (QED) is 0.414. The molecule has 1 amide bonds. The monoisotopic (exact) mass is 644 g/mol. The second-order valence-electron chi connectivity index (χ2n) is 15.1. The Kier molecular flexibility index (Phi) is 7.07. The van der Waals surface area contributed by atoms with Crippen molar-refractivity contribution >= 4 is 17.4 Å². The first-order valence-electron chi connectivity index (χ1n) is 16.9. The molecular weight excluding hydrogens is 599 g/mol. The normalized spacial score (nSPS) is 27.7. The summed E-state index contributed by atoms with van der Waals surface area (Å²) in [5.41, 5.74) is 11.6. The number of alkyl halides is 1. The average molecular weight is 645 g/mol. The summed E-state index contributed by atoms with van der Waals surface area (Å²) >= 11 is 0. The van der Waals surface area contributed by atoms with E-state index in [4.69, 9.17) is 25.2 Å². The number of nitrogen functional groups attached to an aromatic ring is 1. The fourth-order valence-electron chi connectivity index (χ4n) is 8.94. The number of benzene rings is 1. The van der Waals surface area contributed by atoms with E-state index in [1.165, 1.54) is 5.56 Å². The predicted molar refractivity (Wildman–Crippen MR) is 175 cm³/mol. The second kappa shape index (κ2) is 10.9. The first-order valence-corrected chi connectivity index (χ1v) is 16.9. The lowest BCUT2D eigenvalue weighted by molar-refractivity contribution is -0.139. The van der Waals surface area contributed by atoms with Gasteiger partial charge in [0.05, 0.1) is 30.1 Å². The summed E-state index contributed by atoms with van der Waals surface area (Å²) in [6.07, 6.45) is 3.89. The molecule has 1 aromatic carbocycles. The maximum absolute atomic E-state index is 14.6. The maximum atomic E-state index is 14.6. The van der Waals surface area contributed by atoms with Crippen LogP contribution in [0.5, 0.6) is 6.01 Å². The average Bonchev–Trinajstić information content (AvgIpc) is 3.71. The van der Waals surface area contributed by atoms with E-state index >= 15 is 0 Å². The zero-order valence-corrected chi connectivity index (χ0v) is 27.9. The van der Waals surface area contributed by atoms with Crippen molar-refractivity contribution in [3.63, 3.8) is 0 Å². The number of nitrogens with two attached hydrogens (primary N) is 1. The molecule has 12 heteroatoms. The van der Waals surface area contributed by atoms with E-state index in [-0.39, 0.29) is 16.9 Å². The standard InChI is InChI=1S/C35H45FN8O3/c1-33(2)15-22-7-8-24(37)13-27(22)35(33)17-29-26(20-47-35)30(39-32(38-29)46-21-34-9-5-11-43(34)18-23(36)16-34)42-10-6-12-44-25(19-42)14-28(40-44)31(45)41(3)4/h7-8,13-14,23H,5-6,9-12,15-21,37H2,1-4H3/t23-,34+,35-/m1/s1. The number of carbonyl (C=O) groups excluding carboxylic acids is 1. The molecule has 0 bridgehead atoms. The van der Waals surface area contributed by atoms with Gasteiger partial charge < -0.3 is 25.0 Å². The third-order valence-electron chi connectivity index (χ3n) is 11.4. The van der Waals surface area contributed by atoms with Gasteiger partial charge in [0, 0.05) is 63.2 Å². The van der Waals surface area contributed by atoms with Crippen molar-refractivity contribution in [3.05, 3.63) is 58.0 Å². The molecule has 1 spiro atoms. The third-order valence-corrected chi connectivity index (χ3v) is 11.4. The van der Waals surface area contributed by atoms with Crippen LogP contribution in [-0.2, 0) is 42.9 Å². The zero-order valence-electron chi connectivity index (χ0n) is 27.9. The van der Waals surface area contributed by atoms with Crippen LogP contribution in [0.3, 0.4) is 0 Å². The highest BCUT2D eigenvalue weighted by atomic mass is 19.1. The largest absolute Gasteiger partial charge is 0.461 e. The summed E-state index contributed by atoms with van der Waals surface area (Å²) < 4.78 is 30.0. The fraction of sp³-hybridized carbons (Fsp3) is 0.600. The number of hydrogen-bond acceptors (Lipinski definition) is 9. The van der Waals surface area contributed by atoms with E-state index in [1.807, 2.05) is 16.8 Å². The van der Waals surface area contributed by atoms with Gasteiger partial charge in [-0.15, -0.1) is 0 Å². The van der Waals surface area contributed by atoms with Crippen LogP contribution in [0.4, 0.5) is 15.9 Å². The van der Waals surface area contributed by atoms with E-state index in [2.05, 4.69) is 40.9 Å². The Hall–Kier alpha value is -3.77. The number of halogens is 1. The Morgan fingerprint density at radius 3 is 2.83 bits per heavy atom. The molecule has 0 unspecified atom stereocenters. The number of rotatable bonds is 5. The summed E-state index contributed by atoms with van der Waals surface area (Å²) in [6.45, 7) is 8.60. The zero-order chi connectivity index (χ0) is 32.7. The summed E-state index contributed by atoms with van der Waals surface area (Å²) in [5, 5.41) is 4.64. The van der Waals surface area contributed by atoms with Crippen molar-refractivity contribution in [2.45, 2.75) is 89.4 Å². The SMILES string of the molecule is CN(C)C(=O)c1cc2n(n1)CCCN(c1nc(OC[C@@]34CCCN3C[C@H](F)C4)nc3c1CO[C@]1(C3)c3cc(N)ccc3CC1(C)C)C2. The molecule has 2 saturated heterocycles. The van der Waals surface area contributed by atoms with E-state index in [0.29, 0.717) is 57.4 Å². The molecule has 8 rings (SSSR count). The molecule has 0 saturated carbocycles. The molecule has 3 aromatic rings. The van der Waals surface area contributed by atoms with E-state index in [9.17, 15) is 9.18 Å². The van der Waals surface area contributed by atoms with Crippen molar-refractivity contribution < 1.29 is 18.7 Å². The Morgan fingerprint density at radius 2 is 2.00 bits per heavy atom. The molecule has 2 fully saturated rings. The number of anilines is 2. The number of nitrogens with zero attached hydrogens (tertiary/aromatic N) is 7. The lowest BCUT2D eigenvalue weighted by Crippen LogP contribution is -2.46. The van der Waals surface area contributed by atoms with Crippen molar-refractivity contribution in [2.24, 2.45) is 5.41 Å². The van der Waals surface area contributed by atoms with Gasteiger partial charge >= 0.3 is 6.01 Å². The predicted octanol–water partition coefficient (Wildman–Crippen LogP) is 3.87. The van der Waals surface area contributed by atoms with Crippen LogP contribution in [0.25, 0.3) is 0 Å². The van der Waals surface area contributed by atoms with Gasteiger partial charge in [0.15, 0.2) is 5.69 Å². The highest BCUT2D eigenvalue weighted by molar-refractivity contribution is 5.92. The minimum absolute atomic E-state index is 0.117. The molecular formula is C35H45FN8O3. The molecule has 5 aliphatic rings. The minimum Gasteiger partial charge on any atom is -0.461 e. The molecule has 4 aliphatic heterocycles. The molecule has 2 N–H and O–H groups in total. The minimum atomic E-state index is -0.834. The highest BCUT2D eigenvalue weighted by Crippen LogP contribution is 2.57. The van der Waals surface area contributed by atoms with Gasteiger partial charge in [-0.2, -0.15) is 15.1 Å². The lowest BCUT2D eigenvalue weighted by Gasteiger charge is -2.45. The maximum Gasteiger partial charge on any atom is 0.318 e. The molecule has 0 radical (unpaired) electrons. The Bertz CT molecular complexity index is 1740. The van der Waals surface area contributed by atoms with Gasteiger partial charge in [0.1, 0.15) is 24.2 Å². The van der Waals surface area contributed by atoms with E-state index < -0.39 is 11.8 Å². The van der Waals surface area contributed by atoms with Gasteiger partial charge in [-0.3, -0.25) is 14.4 Å². The van der Waals surface area contributed by atoms with Crippen LogP contribution in [-0.4, -0.2) is 87.5 Å². The molecule has 2 aromatic heterocycles. The third kappa shape index (κ3) is 4.89. The van der Waals surface area contributed by atoms with Crippen molar-refractivity contribution in [2.75, 3.05) is 51.0 Å². The first-order chi connectivity index (χ1) is 22.5. The van der Waals surface area contributed by atoms with E-state index in [1.54, 1.807) is 19.0 Å². The Balaban J connectivity index is 1.18. The summed E-state index contributed by atoms with van der Waals surface area (Å²) in [5.74, 6) is 0.669. The number of fused-ring (bicyclic) bond motifs is 5. The summed E-state index contributed by atoms with van der Waals surface area (Å²) in [6, 6.07) is 8.38. The molecule has 11 nitrogen and oxygen atoms in total. The highest BCUT2D eigenvalue weighted by Gasteiger charge is 2.56. The van der Waals surface area contributed by atoms with Crippen LogP contribution in [0.2, 0.25) is 0 Å². The Labute approximate surface area is 275 Å². The molecule has 250 valence electrons. The van der Waals surface area contributed by atoms with Crippen LogP contribution in [0, 0.1) is 5.41 Å². The number of hydrogen-bond donors (Lipinski definition) is 1. The number of amides is 1. The summed E-state index contributed by atoms with van der Waals surface area (Å²) in [4.78, 5) is 29.0. The number of ether oxygens (including phenoxy) is 2. The van der Waals surface area contributed by atoms with Crippen molar-refractivity contribution in [1.29, 1.82) is 0 Å². The van der Waals surface area contributed by atoms with Crippen molar-refractivity contribution in [1.82, 2.24) is 29.5 Å². The number of carbonyl (C=O) groups is 1. The molecule has 6 heterocycles. The van der Waals surface area contributed by atoms with Crippen LogP contribution in [0.1, 0.15) is 78.1 Å². The summed E-state index contributed by atoms with van der Waals surface area (Å²) in [7, 11) is 3.48. The number of aromatic nitrogens is 4. The number of aryl methyl sites for hydroxylation is 1. The van der Waals surface area contributed by atoms with Crippen molar-refractivity contribution in [3.8, 4) is 6.01 Å². The molecule has 3 atom stereocenters. The van der Waals surface area contributed by atoms with Gasteiger partial charge in [-0.1, -0.05) is 19.9 Å². The van der Waals surface area contributed by atoms with Gasteiger partial charge in [-0.05, 0) is 61.6 Å². The topological polar surface area (TPSA) is 115 Å². The van der Waals surface area contributed by atoms with Gasteiger partial charge in [-0.25, -0.2) is 4.39 Å². The van der Waals surface area contributed by atoms with Crippen LogP contribution >= 0.6 is 0 Å². The van der Waals surface area contributed by atoms with E-state index in [0.717, 1.165) is 72.8 Å². The second-order valence-corrected chi connectivity index (χ2v) is 15.1. The van der Waals surface area contributed by atoms with Crippen LogP contribution in [0.15, 0.2) is 24.3 Å². The van der Waals surface area contributed by atoms with Crippen LogP contribution < -0.4 is 15.4 Å². The molecule has 1 aliphatic carbocycles. The molecule has 47 heavy (non-hydrogen) atoms. The Morgan fingerprint density at radius 1 is 1.15 bits per heavy atom. The first kappa shape index (κ1) is 30.6. The van der Waals surface area contributed by atoms with Gasteiger partial charge in [0.25, 0.3) is 5.91 Å².